The number of Topliss-reactive ketones (excluding diaryl/α,β-unsaturated/α-hetero) is 1. The zero-order chi connectivity index (χ0) is 18.1. The minimum Gasteiger partial charge on any atom is -0.484 e. The summed E-state index contributed by atoms with van der Waals surface area (Å²) in [5.74, 6) is -0.211. The van der Waals surface area contributed by atoms with E-state index < -0.39 is 11.9 Å². The maximum atomic E-state index is 11.7. The molecule has 134 valence electrons. The number of allylic oxidation sites excluding steroid dienone is 1. The summed E-state index contributed by atoms with van der Waals surface area (Å²) >= 11 is 0. The first-order chi connectivity index (χ1) is 12.0. The van der Waals surface area contributed by atoms with Crippen molar-refractivity contribution >= 4 is 17.7 Å². The number of nitrogens with one attached hydrogen (secondary N) is 2. The second kappa shape index (κ2) is 9.61. The third-order valence-corrected chi connectivity index (χ3v) is 3.98. The number of urea groups is 1. The van der Waals surface area contributed by atoms with Crippen LogP contribution in [0.25, 0.3) is 0 Å². The Morgan fingerprint density at radius 3 is 2.76 bits per heavy atom. The molecule has 0 saturated carbocycles. The molecular formula is C19H24N2O4. The van der Waals surface area contributed by atoms with Gasteiger partial charge in [0.25, 0.3) is 5.91 Å². The topological polar surface area (TPSA) is 84.5 Å². The second-order valence-corrected chi connectivity index (χ2v) is 6.03. The smallest absolute Gasteiger partial charge is 0.321 e. The van der Waals surface area contributed by atoms with Gasteiger partial charge in [-0.15, -0.1) is 0 Å². The molecule has 0 radical (unpaired) electrons. The summed E-state index contributed by atoms with van der Waals surface area (Å²) in [4.78, 5) is 34.7. The number of ketones is 1. The van der Waals surface area contributed by atoms with Gasteiger partial charge in [-0.25, -0.2) is 4.79 Å². The normalized spacial score (nSPS) is 13.6. The van der Waals surface area contributed by atoms with Crippen LogP contribution in [0.5, 0.6) is 5.75 Å². The number of imide groups is 1. The van der Waals surface area contributed by atoms with Gasteiger partial charge in [-0.05, 0) is 51.2 Å². The van der Waals surface area contributed by atoms with Gasteiger partial charge in [0.05, 0.1) is 0 Å². The van der Waals surface area contributed by atoms with Gasteiger partial charge >= 0.3 is 6.03 Å². The summed E-state index contributed by atoms with van der Waals surface area (Å²) in [6.07, 6.45) is 7.70. The maximum absolute atomic E-state index is 11.7. The summed E-state index contributed by atoms with van der Waals surface area (Å²) < 4.78 is 5.31. The molecule has 0 heterocycles. The summed E-state index contributed by atoms with van der Waals surface area (Å²) in [6, 6.07) is 6.04. The second-order valence-electron chi connectivity index (χ2n) is 6.03. The Morgan fingerprint density at radius 1 is 1.20 bits per heavy atom. The zero-order valence-corrected chi connectivity index (χ0v) is 14.5. The SMILES string of the molecule is CC(=O)c1cccc(OCC(=O)NC(=O)NCCC2=CCCCC2)c1. The summed E-state index contributed by atoms with van der Waals surface area (Å²) in [5, 5.41) is 4.90. The van der Waals surface area contributed by atoms with E-state index in [9.17, 15) is 14.4 Å². The van der Waals surface area contributed by atoms with E-state index in [1.165, 1.54) is 25.3 Å². The predicted molar refractivity (Wildman–Crippen MR) is 94.7 cm³/mol. The molecule has 25 heavy (non-hydrogen) atoms. The van der Waals surface area contributed by atoms with Crippen LogP contribution in [0.15, 0.2) is 35.9 Å². The van der Waals surface area contributed by atoms with Crippen molar-refractivity contribution in [2.45, 2.75) is 39.0 Å². The lowest BCUT2D eigenvalue weighted by molar-refractivity contribution is -0.122. The van der Waals surface area contributed by atoms with Crippen molar-refractivity contribution in [3.8, 4) is 5.75 Å². The molecule has 0 bridgehead atoms. The molecule has 0 atom stereocenters. The maximum Gasteiger partial charge on any atom is 0.321 e. The van der Waals surface area contributed by atoms with Crippen molar-refractivity contribution in [2.75, 3.05) is 13.2 Å². The van der Waals surface area contributed by atoms with Crippen molar-refractivity contribution in [1.29, 1.82) is 0 Å². The molecule has 6 nitrogen and oxygen atoms in total. The molecule has 0 fully saturated rings. The number of amides is 3. The molecule has 0 spiro atoms. The highest BCUT2D eigenvalue weighted by Gasteiger charge is 2.10. The zero-order valence-electron chi connectivity index (χ0n) is 14.5. The Labute approximate surface area is 147 Å². The first-order valence-electron chi connectivity index (χ1n) is 8.54. The third kappa shape index (κ3) is 6.79. The number of rotatable bonds is 7. The fourth-order valence-electron chi connectivity index (χ4n) is 2.63. The van der Waals surface area contributed by atoms with Gasteiger partial charge in [0, 0.05) is 12.1 Å². The largest absolute Gasteiger partial charge is 0.484 e. The van der Waals surface area contributed by atoms with Crippen LogP contribution < -0.4 is 15.4 Å². The highest BCUT2D eigenvalue weighted by Crippen LogP contribution is 2.19. The Kier molecular flexibility index (Phi) is 7.19. The van der Waals surface area contributed by atoms with E-state index in [0.717, 1.165) is 19.3 Å². The van der Waals surface area contributed by atoms with Gasteiger partial charge in [-0.1, -0.05) is 23.8 Å². The molecule has 2 N–H and O–H groups in total. The third-order valence-electron chi connectivity index (χ3n) is 3.98. The van der Waals surface area contributed by atoms with Gasteiger partial charge < -0.3 is 10.1 Å². The fourth-order valence-corrected chi connectivity index (χ4v) is 2.63. The van der Waals surface area contributed by atoms with Gasteiger partial charge in [-0.2, -0.15) is 0 Å². The number of hydrogen-bond acceptors (Lipinski definition) is 4. The lowest BCUT2D eigenvalue weighted by Crippen LogP contribution is -2.42. The van der Waals surface area contributed by atoms with E-state index >= 15 is 0 Å². The molecule has 0 aromatic heterocycles. The van der Waals surface area contributed by atoms with Crippen LogP contribution in [0, 0.1) is 0 Å². The number of carbonyl (C=O) groups excluding carboxylic acids is 3. The van der Waals surface area contributed by atoms with Crippen LogP contribution in [0.4, 0.5) is 4.79 Å². The van der Waals surface area contributed by atoms with Gasteiger partial charge in [0.1, 0.15) is 5.75 Å². The molecule has 2 rings (SSSR count). The number of carbonyl (C=O) groups is 3. The van der Waals surface area contributed by atoms with E-state index in [2.05, 4.69) is 16.7 Å². The van der Waals surface area contributed by atoms with E-state index in [1.54, 1.807) is 24.3 Å². The van der Waals surface area contributed by atoms with Crippen LogP contribution in [-0.2, 0) is 4.79 Å². The Hall–Kier alpha value is -2.63. The van der Waals surface area contributed by atoms with Gasteiger partial charge in [0.2, 0.25) is 0 Å². The summed E-state index contributed by atoms with van der Waals surface area (Å²) in [6.45, 7) is 1.67. The number of hydrogen-bond donors (Lipinski definition) is 2. The standard InChI is InChI=1S/C19H24N2O4/c1-14(22)16-8-5-9-17(12-16)25-13-18(23)21-19(24)20-11-10-15-6-3-2-4-7-15/h5-6,8-9,12H,2-4,7,10-11,13H2,1H3,(H2,20,21,23,24). The number of ether oxygens (including phenoxy) is 1. The molecule has 6 heteroatoms. The van der Waals surface area contributed by atoms with Crippen LogP contribution in [0.3, 0.4) is 0 Å². The Bertz CT molecular complexity index is 667. The minimum atomic E-state index is -0.539. The average Bonchev–Trinajstić information content (AvgIpc) is 2.61. The molecule has 0 saturated heterocycles. The lowest BCUT2D eigenvalue weighted by Gasteiger charge is -2.13. The molecule has 1 aliphatic carbocycles. The van der Waals surface area contributed by atoms with E-state index in [-0.39, 0.29) is 12.4 Å². The van der Waals surface area contributed by atoms with Crippen molar-refractivity contribution < 1.29 is 19.1 Å². The average molecular weight is 344 g/mol. The molecule has 3 amide bonds. The monoisotopic (exact) mass is 344 g/mol. The van der Waals surface area contributed by atoms with Crippen molar-refractivity contribution in [1.82, 2.24) is 10.6 Å². The Morgan fingerprint density at radius 2 is 2.04 bits per heavy atom. The summed E-state index contributed by atoms with van der Waals surface area (Å²) in [7, 11) is 0. The van der Waals surface area contributed by atoms with Crippen molar-refractivity contribution in [2.24, 2.45) is 0 Å². The van der Waals surface area contributed by atoms with Crippen LogP contribution in [0.2, 0.25) is 0 Å². The van der Waals surface area contributed by atoms with Gasteiger partial charge in [0.15, 0.2) is 12.4 Å². The van der Waals surface area contributed by atoms with E-state index in [1.807, 2.05) is 0 Å². The molecule has 0 aliphatic heterocycles. The van der Waals surface area contributed by atoms with Gasteiger partial charge in [-0.3, -0.25) is 14.9 Å². The predicted octanol–water partition coefficient (Wildman–Crippen LogP) is 2.98. The van der Waals surface area contributed by atoms with Crippen molar-refractivity contribution in [3.05, 3.63) is 41.5 Å². The highest BCUT2D eigenvalue weighted by atomic mass is 16.5. The molecule has 1 aromatic carbocycles. The quantitative estimate of drug-likeness (QED) is 0.588. The number of benzene rings is 1. The first kappa shape index (κ1) is 18.7. The van der Waals surface area contributed by atoms with Crippen LogP contribution in [-0.4, -0.2) is 30.9 Å². The molecular weight excluding hydrogens is 320 g/mol. The van der Waals surface area contributed by atoms with E-state index in [0.29, 0.717) is 17.9 Å². The molecule has 1 aromatic rings. The van der Waals surface area contributed by atoms with Crippen LogP contribution in [0.1, 0.15) is 49.4 Å². The first-order valence-corrected chi connectivity index (χ1v) is 8.54. The lowest BCUT2D eigenvalue weighted by atomic mass is 9.97. The van der Waals surface area contributed by atoms with Crippen LogP contribution >= 0.6 is 0 Å². The minimum absolute atomic E-state index is 0.0811. The molecule has 1 aliphatic rings. The Balaban J connectivity index is 1.67. The summed E-state index contributed by atoms with van der Waals surface area (Å²) in [5.41, 5.74) is 1.87. The fraction of sp³-hybridized carbons (Fsp3) is 0.421. The highest BCUT2D eigenvalue weighted by molar-refractivity contribution is 5.95. The molecule has 0 unspecified atom stereocenters. The van der Waals surface area contributed by atoms with E-state index in [4.69, 9.17) is 4.74 Å². The van der Waals surface area contributed by atoms with Crippen molar-refractivity contribution in [3.63, 3.8) is 0 Å².